The Hall–Kier alpha value is -1.37. The Morgan fingerprint density at radius 2 is 1.76 bits per heavy atom. The quantitative estimate of drug-likeness (QED) is 0.851. The molecule has 0 aliphatic carbocycles. The molecule has 21 heavy (non-hydrogen) atoms. The van der Waals surface area contributed by atoms with Gasteiger partial charge >= 0.3 is 0 Å². The van der Waals surface area contributed by atoms with Crippen molar-refractivity contribution < 1.29 is 8.42 Å². The molecule has 0 fully saturated rings. The van der Waals surface area contributed by atoms with Gasteiger partial charge in [-0.2, -0.15) is 0 Å². The third-order valence-electron chi connectivity index (χ3n) is 3.09. The molecule has 0 spiro atoms. The molecule has 6 heteroatoms. The van der Waals surface area contributed by atoms with E-state index in [1.165, 1.54) is 0 Å². The molecule has 0 aromatic heterocycles. The lowest BCUT2D eigenvalue weighted by molar-refractivity contribution is 0.601. The number of halogens is 1. The Morgan fingerprint density at radius 3 is 2.38 bits per heavy atom. The van der Waals surface area contributed by atoms with Crippen LogP contribution < -0.4 is 10.0 Å². The van der Waals surface area contributed by atoms with Crippen molar-refractivity contribution in [1.82, 2.24) is 5.32 Å². The molecule has 0 radical (unpaired) electrons. The van der Waals surface area contributed by atoms with Crippen LogP contribution >= 0.6 is 15.9 Å². The van der Waals surface area contributed by atoms with E-state index in [4.69, 9.17) is 0 Å². The van der Waals surface area contributed by atoms with E-state index in [0.717, 1.165) is 15.6 Å². The average Bonchev–Trinajstić information content (AvgIpc) is 2.43. The highest BCUT2D eigenvalue weighted by molar-refractivity contribution is 9.10. The van der Waals surface area contributed by atoms with Gasteiger partial charge < -0.3 is 5.32 Å². The Balaban J connectivity index is 2.31. The van der Waals surface area contributed by atoms with Crippen LogP contribution in [0.1, 0.15) is 11.1 Å². The predicted molar refractivity (Wildman–Crippen MR) is 88.9 cm³/mol. The van der Waals surface area contributed by atoms with Gasteiger partial charge in [0.1, 0.15) is 0 Å². The van der Waals surface area contributed by atoms with Gasteiger partial charge in [0.15, 0.2) is 0 Å². The van der Waals surface area contributed by atoms with Crippen molar-refractivity contribution in [3.63, 3.8) is 0 Å². The number of hydrogen-bond donors (Lipinski definition) is 2. The molecular weight excluding hydrogens is 352 g/mol. The lowest BCUT2D eigenvalue weighted by Gasteiger charge is -2.11. The Labute approximate surface area is 133 Å². The predicted octanol–water partition coefficient (Wildman–Crippen LogP) is 3.28. The summed E-state index contributed by atoms with van der Waals surface area (Å²) in [4.78, 5) is 0.265. The molecule has 2 N–H and O–H groups in total. The van der Waals surface area contributed by atoms with Gasteiger partial charge in [-0.05, 0) is 61.5 Å². The van der Waals surface area contributed by atoms with Crippen LogP contribution in [0.5, 0.6) is 0 Å². The van der Waals surface area contributed by atoms with E-state index in [2.05, 4.69) is 26.0 Å². The first-order chi connectivity index (χ1) is 9.92. The Bertz CT molecular complexity index is 728. The fourth-order valence-electron chi connectivity index (χ4n) is 1.93. The summed E-state index contributed by atoms with van der Waals surface area (Å²) in [5, 5.41) is 3.04. The molecule has 0 aliphatic heterocycles. The van der Waals surface area contributed by atoms with E-state index in [1.807, 2.05) is 20.0 Å². The fraction of sp³-hybridized carbons (Fsp3) is 0.200. The monoisotopic (exact) mass is 368 g/mol. The van der Waals surface area contributed by atoms with E-state index in [9.17, 15) is 8.42 Å². The van der Waals surface area contributed by atoms with Gasteiger partial charge in [-0.1, -0.05) is 22.0 Å². The maximum Gasteiger partial charge on any atom is 0.261 e. The minimum atomic E-state index is -3.58. The van der Waals surface area contributed by atoms with Crippen LogP contribution in [0.2, 0.25) is 0 Å². The number of hydrogen-bond acceptors (Lipinski definition) is 3. The molecule has 0 saturated heterocycles. The largest absolute Gasteiger partial charge is 0.316 e. The maximum absolute atomic E-state index is 12.4. The third-order valence-corrected chi connectivity index (χ3v) is 5.00. The fourth-order valence-corrected chi connectivity index (χ4v) is 3.30. The highest BCUT2D eigenvalue weighted by Crippen LogP contribution is 2.20. The topological polar surface area (TPSA) is 58.2 Å². The minimum Gasteiger partial charge on any atom is -0.316 e. The molecule has 2 aromatic carbocycles. The number of benzene rings is 2. The highest BCUT2D eigenvalue weighted by Gasteiger charge is 2.15. The zero-order valence-electron chi connectivity index (χ0n) is 11.9. The van der Waals surface area contributed by atoms with Crippen molar-refractivity contribution >= 4 is 31.6 Å². The van der Waals surface area contributed by atoms with Crippen molar-refractivity contribution in [3.05, 3.63) is 58.1 Å². The van der Waals surface area contributed by atoms with Crippen LogP contribution in [0.4, 0.5) is 5.69 Å². The standard InChI is InChI=1S/C15H17BrN2O2S/c1-11-3-8-15(9-12(11)10-17-2)21(19,20)18-14-6-4-13(16)5-7-14/h3-9,17-18H,10H2,1-2H3. The third kappa shape index (κ3) is 4.06. The highest BCUT2D eigenvalue weighted by atomic mass is 79.9. The van der Waals surface area contributed by atoms with Crippen molar-refractivity contribution in [3.8, 4) is 0 Å². The Kier molecular flexibility index (Phi) is 5.03. The van der Waals surface area contributed by atoms with E-state index in [1.54, 1.807) is 36.4 Å². The second-order valence-corrected chi connectivity index (χ2v) is 7.33. The molecule has 2 rings (SSSR count). The molecule has 4 nitrogen and oxygen atoms in total. The number of nitrogens with one attached hydrogen (secondary N) is 2. The first-order valence-electron chi connectivity index (χ1n) is 6.45. The van der Waals surface area contributed by atoms with Crippen LogP contribution in [-0.2, 0) is 16.6 Å². The average molecular weight is 369 g/mol. The molecule has 0 saturated carbocycles. The summed E-state index contributed by atoms with van der Waals surface area (Å²) >= 11 is 3.32. The van der Waals surface area contributed by atoms with Gasteiger partial charge in [0.25, 0.3) is 10.0 Å². The lowest BCUT2D eigenvalue weighted by atomic mass is 10.1. The normalized spacial score (nSPS) is 11.4. The van der Waals surface area contributed by atoms with Crippen molar-refractivity contribution in [2.45, 2.75) is 18.4 Å². The van der Waals surface area contributed by atoms with Gasteiger partial charge in [0, 0.05) is 16.7 Å². The summed E-state index contributed by atoms with van der Waals surface area (Å²) in [7, 11) is -1.74. The van der Waals surface area contributed by atoms with E-state index in [-0.39, 0.29) is 4.90 Å². The molecule has 2 aromatic rings. The number of aryl methyl sites for hydroxylation is 1. The van der Waals surface area contributed by atoms with Crippen molar-refractivity contribution in [1.29, 1.82) is 0 Å². The summed E-state index contributed by atoms with van der Waals surface area (Å²) in [6, 6.07) is 12.2. The van der Waals surface area contributed by atoms with Gasteiger partial charge in [-0.3, -0.25) is 4.72 Å². The molecule has 0 heterocycles. The van der Waals surface area contributed by atoms with Crippen LogP contribution in [0.15, 0.2) is 51.8 Å². The molecule has 112 valence electrons. The molecule has 0 bridgehead atoms. The summed E-state index contributed by atoms with van der Waals surface area (Å²) in [5.74, 6) is 0. The second kappa shape index (κ2) is 6.60. The lowest BCUT2D eigenvalue weighted by Crippen LogP contribution is -2.14. The zero-order chi connectivity index (χ0) is 15.5. The molecular formula is C15H17BrN2O2S. The molecule has 0 amide bonds. The van der Waals surface area contributed by atoms with Crippen LogP contribution in [0.3, 0.4) is 0 Å². The van der Waals surface area contributed by atoms with Crippen LogP contribution in [0.25, 0.3) is 0 Å². The first-order valence-corrected chi connectivity index (χ1v) is 8.72. The van der Waals surface area contributed by atoms with Gasteiger partial charge in [-0.15, -0.1) is 0 Å². The smallest absolute Gasteiger partial charge is 0.261 e. The minimum absolute atomic E-state index is 0.265. The Morgan fingerprint density at radius 1 is 1.10 bits per heavy atom. The van der Waals surface area contributed by atoms with E-state index >= 15 is 0 Å². The number of anilines is 1. The number of sulfonamides is 1. The van der Waals surface area contributed by atoms with E-state index < -0.39 is 10.0 Å². The van der Waals surface area contributed by atoms with Crippen molar-refractivity contribution in [2.75, 3.05) is 11.8 Å². The van der Waals surface area contributed by atoms with Gasteiger partial charge in [0.05, 0.1) is 4.90 Å². The summed E-state index contributed by atoms with van der Waals surface area (Å²) in [6.45, 7) is 2.60. The summed E-state index contributed by atoms with van der Waals surface area (Å²) < 4.78 is 28.3. The van der Waals surface area contributed by atoms with Crippen LogP contribution in [0, 0.1) is 6.92 Å². The zero-order valence-corrected chi connectivity index (χ0v) is 14.3. The summed E-state index contributed by atoms with van der Waals surface area (Å²) in [5.41, 5.74) is 2.57. The van der Waals surface area contributed by atoms with Crippen LogP contribution in [-0.4, -0.2) is 15.5 Å². The summed E-state index contributed by atoms with van der Waals surface area (Å²) in [6.07, 6.45) is 0. The first kappa shape index (κ1) is 16.0. The van der Waals surface area contributed by atoms with E-state index in [0.29, 0.717) is 12.2 Å². The molecule has 0 unspecified atom stereocenters. The molecule has 0 aliphatic rings. The van der Waals surface area contributed by atoms with Gasteiger partial charge in [0.2, 0.25) is 0 Å². The van der Waals surface area contributed by atoms with Gasteiger partial charge in [-0.25, -0.2) is 8.42 Å². The molecule has 0 atom stereocenters. The maximum atomic E-state index is 12.4. The van der Waals surface area contributed by atoms with Crippen molar-refractivity contribution in [2.24, 2.45) is 0 Å². The SMILES string of the molecule is CNCc1cc(S(=O)(=O)Nc2ccc(Br)cc2)ccc1C. The second-order valence-electron chi connectivity index (χ2n) is 4.73. The number of rotatable bonds is 5.